The van der Waals surface area contributed by atoms with Crippen LogP contribution in [0.2, 0.25) is 0 Å². The molecule has 4 nitrogen and oxygen atoms in total. The van der Waals surface area contributed by atoms with E-state index < -0.39 is 10.1 Å². The number of benzene rings is 1. The third kappa shape index (κ3) is 4.31. The molecule has 0 heterocycles. The molecule has 18 heavy (non-hydrogen) atoms. The lowest BCUT2D eigenvalue weighted by Gasteiger charge is -2.05. The molecule has 0 saturated heterocycles. The molecule has 0 radical (unpaired) electrons. The molecule has 1 aromatic rings. The zero-order chi connectivity index (χ0) is 13.8. The number of halogens is 1. The Morgan fingerprint density at radius 3 is 2.33 bits per heavy atom. The van der Waals surface area contributed by atoms with Gasteiger partial charge in [-0.2, -0.15) is 8.42 Å². The van der Waals surface area contributed by atoms with Crippen molar-refractivity contribution in [3.8, 4) is 0 Å². The first kappa shape index (κ1) is 15.0. The molecule has 0 aliphatic carbocycles. The van der Waals surface area contributed by atoms with Gasteiger partial charge >= 0.3 is 10.1 Å². The van der Waals surface area contributed by atoms with E-state index in [2.05, 4.69) is 23.3 Å². The van der Waals surface area contributed by atoms with E-state index >= 15 is 0 Å². The summed E-state index contributed by atoms with van der Waals surface area (Å²) in [6.07, 6.45) is 0. The molecule has 0 bridgehead atoms. The Morgan fingerprint density at radius 1 is 1.33 bits per heavy atom. The van der Waals surface area contributed by atoms with Crippen molar-refractivity contribution in [1.82, 2.24) is 0 Å². The van der Waals surface area contributed by atoms with E-state index in [9.17, 15) is 8.42 Å². The number of hydrogen-bond donors (Lipinski definition) is 0. The average molecular weight is 290 g/mol. The van der Waals surface area contributed by atoms with Crippen molar-refractivity contribution in [1.29, 1.82) is 0 Å². The second-order valence-electron chi connectivity index (χ2n) is 4.08. The van der Waals surface area contributed by atoms with Gasteiger partial charge in [0.2, 0.25) is 0 Å². The maximum absolute atomic E-state index is 11.1. The fourth-order valence-corrected chi connectivity index (χ4v) is 1.70. The second kappa shape index (κ2) is 6.20. The Bertz CT molecular complexity index is 521. The van der Waals surface area contributed by atoms with Gasteiger partial charge in [-0.1, -0.05) is 54.9 Å². The zero-order valence-corrected chi connectivity index (χ0v) is 12.1. The predicted molar refractivity (Wildman–Crippen MR) is 73.5 cm³/mol. The molecule has 0 aliphatic heterocycles. The molecule has 100 valence electrons. The van der Waals surface area contributed by atoms with Crippen LogP contribution in [-0.4, -0.2) is 19.3 Å². The molecule has 0 spiro atoms. The van der Waals surface area contributed by atoms with Crippen LogP contribution in [0.4, 0.5) is 0 Å². The van der Waals surface area contributed by atoms with Crippen LogP contribution in [0.25, 0.3) is 0 Å². The van der Waals surface area contributed by atoms with Crippen LogP contribution >= 0.6 is 11.6 Å². The van der Waals surface area contributed by atoms with Gasteiger partial charge < -0.3 is 0 Å². The Kier molecular flexibility index (Phi) is 5.16. The lowest BCUT2D eigenvalue weighted by molar-refractivity contribution is 0.341. The molecule has 6 heteroatoms. The minimum atomic E-state index is -3.62. The fourth-order valence-electron chi connectivity index (χ4n) is 1.20. The minimum absolute atomic E-state index is 0.0160. The Balaban J connectivity index is 2.84. The predicted octanol–water partition coefficient (Wildman–Crippen LogP) is 3.08. The van der Waals surface area contributed by atoms with E-state index in [1.54, 1.807) is 12.1 Å². The normalized spacial score (nSPS) is 12.8. The molecule has 0 fully saturated rings. The van der Waals surface area contributed by atoms with Crippen LogP contribution in [0, 0.1) is 0 Å². The Labute approximate surface area is 113 Å². The highest BCUT2D eigenvalue weighted by Gasteiger charge is 2.09. The van der Waals surface area contributed by atoms with Gasteiger partial charge in [-0.25, -0.2) is 0 Å². The van der Waals surface area contributed by atoms with Crippen LogP contribution in [-0.2, 0) is 14.4 Å². The molecule has 0 N–H and O–H groups in total. The van der Waals surface area contributed by atoms with E-state index in [1.165, 1.54) is 12.5 Å². The van der Waals surface area contributed by atoms with Gasteiger partial charge in [0.25, 0.3) is 0 Å². The van der Waals surface area contributed by atoms with Crippen LogP contribution in [0.3, 0.4) is 0 Å². The quantitative estimate of drug-likeness (QED) is 0.618. The second-order valence-corrected chi connectivity index (χ2v) is 6.28. The molecule has 0 unspecified atom stereocenters. The number of rotatable bonds is 5. The van der Waals surface area contributed by atoms with Gasteiger partial charge in [0.05, 0.1) is 5.75 Å². The van der Waals surface area contributed by atoms with Gasteiger partial charge in [0.1, 0.15) is 0 Å². The molecule has 0 saturated carbocycles. The summed E-state index contributed by atoms with van der Waals surface area (Å²) in [6, 6.07) is 7.41. The van der Waals surface area contributed by atoms with E-state index in [1.807, 2.05) is 12.1 Å². The van der Waals surface area contributed by atoms with Crippen LogP contribution < -0.4 is 0 Å². The molecule has 0 amide bonds. The lowest BCUT2D eigenvalue weighted by atomic mass is 10.0. The monoisotopic (exact) mass is 289 g/mol. The van der Waals surface area contributed by atoms with Gasteiger partial charge in [-0.3, -0.25) is 4.28 Å². The molecule has 1 aromatic carbocycles. The van der Waals surface area contributed by atoms with E-state index in [0.29, 0.717) is 11.5 Å². The summed E-state index contributed by atoms with van der Waals surface area (Å²) < 4.78 is 26.6. The molecule has 0 atom stereocenters. The smallest absolute Gasteiger partial charge is 0.267 e. The average Bonchev–Trinajstić information content (AvgIpc) is 2.36. The van der Waals surface area contributed by atoms with Crippen molar-refractivity contribution in [2.45, 2.75) is 26.7 Å². The molecular weight excluding hydrogens is 274 g/mol. The van der Waals surface area contributed by atoms with Gasteiger partial charge in [0, 0.05) is 5.56 Å². The van der Waals surface area contributed by atoms with Crippen molar-refractivity contribution < 1.29 is 12.7 Å². The maximum atomic E-state index is 11.1. The fraction of sp³-hybridized carbons (Fsp3) is 0.417. The first-order valence-electron chi connectivity index (χ1n) is 5.61. The summed E-state index contributed by atoms with van der Waals surface area (Å²) in [7, 11) is -3.62. The summed E-state index contributed by atoms with van der Waals surface area (Å²) in [6.45, 7) is 5.64. The minimum Gasteiger partial charge on any atom is -0.267 e. The summed E-state index contributed by atoms with van der Waals surface area (Å²) >= 11 is 5.86. The SMILES string of the molecule is CCS(=O)(=O)ON=C(Cl)c1ccc(C(C)C)cc1. The largest absolute Gasteiger partial charge is 0.328 e. The maximum Gasteiger partial charge on any atom is 0.328 e. The van der Waals surface area contributed by atoms with Crippen molar-refractivity contribution in [3.05, 3.63) is 35.4 Å². The Hall–Kier alpha value is -1.07. The van der Waals surface area contributed by atoms with Crippen molar-refractivity contribution in [2.75, 3.05) is 5.75 Å². The summed E-state index contributed by atoms with van der Waals surface area (Å²) in [5.41, 5.74) is 1.79. The number of nitrogens with zero attached hydrogens (tertiary/aromatic N) is 1. The number of oxime groups is 1. The summed E-state index contributed by atoms with van der Waals surface area (Å²) in [5.74, 6) is 0.277. The van der Waals surface area contributed by atoms with Crippen molar-refractivity contribution in [2.24, 2.45) is 5.16 Å². The van der Waals surface area contributed by atoms with Crippen LogP contribution in [0.15, 0.2) is 29.4 Å². The van der Waals surface area contributed by atoms with E-state index in [0.717, 1.165) is 0 Å². The van der Waals surface area contributed by atoms with Crippen LogP contribution in [0.5, 0.6) is 0 Å². The molecule has 0 aromatic heterocycles. The van der Waals surface area contributed by atoms with E-state index in [-0.39, 0.29) is 10.9 Å². The van der Waals surface area contributed by atoms with Gasteiger partial charge in [-0.05, 0) is 18.4 Å². The lowest BCUT2D eigenvalue weighted by Crippen LogP contribution is -2.05. The highest BCUT2D eigenvalue weighted by molar-refractivity contribution is 7.86. The topological polar surface area (TPSA) is 55.7 Å². The molecule has 1 rings (SSSR count). The molecule has 0 aliphatic rings. The third-order valence-electron chi connectivity index (χ3n) is 2.40. The standard InChI is InChI=1S/C12H16ClNO3S/c1-4-18(15,16)17-14-12(13)11-7-5-10(6-8-11)9(2)3/h5-9H,4H2,1-3H3. The Morgan fingerprint density at radius 2 is 1.89 bits per heavy atom. The highest BCUT2D eigenvalue weighted by Crippen LogP contribution is 2.16. The number of hydrogen-bond acceptors (Lipinski definition) is 4. The van der Waals surface area contributed by atoms with Crippen molar-refractivity contribution >= 4 is 26.9 Å². The van der Waals surface area contributed by atoms with Crippen molar-refractivity contribution in [3.63, 3.8) is 0 Å². The summed E-state index contributed by atoms with van der Waals surface area (Å²) in [4.78, 5) is 0. The van der Waals surface area contributed by atoms with E-state index in [4.69, 9.17) is 11.6 Å². The van der Waals surface area contributed by atoms with Gasteiger partial charge in [0.15, 0.2) is 5.17 Å². The molecular formula is C12H16ClNO3S. The zero-order valence-electron chi connectivity index (χ0n) is 10.6. The van der Waals surface area contributed by atoms with Gasteiger partial charge in [-0.15, -0.1) is 0 Å². The third-order valence-corrected chi connectivity index (χ3v) is 3.70. The highest BCUT2D eigenvalue weighted by atomic mass is 35.5. The van der Waals surface area contributed by atoms with Crippen LogP contribution in [0.1, 0.15) is 37.8 Å². The first-order chi connectivity index (χ1) is 8.35. The first-order valence-corrected chi connectivity index (χ1v) is 7.56. The summed E-state index contributed by atoms with van der Waals surface area (Å²) in [5, 5.41) is 3.42.